The highest BCUT2D eigenvalue weighted by Crippen LogP contribution is 2.28. The van der Waals surface area contributed by atoms with Crippen molar-refractivity contribution in [2.75, 3.05) is 38.2 Å². The number of carbonyl (C=O) groups excluding carboxylic acids is 1. The van der Waals surface area contributed by atoms with Crippen LogP contribution in [-0.4, -0.2) is 62.5 Å². The van der Waals surface area contributed by atoms with Crippen LogP contribution in [0.25, 0.3) is 11.0 Å². The molecule has 0 unspecified atom stereocenters. The summed E-state index contributed by atoms with van der Waals surface area (Å²) < 4.78 is 33.4. The number of ether oxygens (including phenoxy) is 1. The maximum Gasteiger partial charge on any atom is 0.303 e. The molecule has 1 aromatic heterocycles. The molecule has 1 aliphatic heterocycles. The summed E-state index contributed by atoms with van der Waals surface area (Å²) in [6.45, 7) is 2.92. The second kappa shape index (κ2) is 9.30. The molecule has 0 radical (unpaired) electrons. The van der Waals surface area contributed by atoms with E-state index in [9.17, 15) is 13.2 Å². The van der Waals surface area contributed by atoms with E-state index in [-0.39, 0.29) is 12.5 Å². The van der Waals surface area contributed by atoms with Gasteiger partial charge in [0.15, 0.2) is 0 Å². The summed E-state index contributed by atoms with van der Waals surface area (Å²) in [6, 6.07) is 9.81. The number of imidazole rings is 1. The first-order chi connectivity index (χ1) is 15.7. The number of benzene rings is 2. The van der Waals surface area contributed by atoms with Crippen LogP contribution in [0.4, 0.5) is 5.69 Å². The van der Waals surface area contributed by atoms with Gasteiger partial charge in [0.1, 0.15) is 11.9 Å². The molecule has 0 saturated carbocycles. The molecule has 1 amide bonds. The van der Waals surface area contributed by atoms with Gasteiger partial charge in [-0.15, -0.1) is 0 Å². The Morgan fingerprint density at radius 1 is 1.27 bits per heavy atom. The predicted octanol–water partition coefficient (Wildman–Crippen LogP) is 3.03. The number of anilines is 1. The van der Waals surface area contributed by atoms with Crippen LogP contribution in [0.15, 0.2) is 36.4 Å². The Bertz CT molecular complexity index is 1290. The standard InChI is InChI=1S/C22H26ClN5O4S/c1-14-11-15(5-8-20(14)28-10-4-9-27(2)33(28,30)31)22(29)26-19(13-32-3)21-24-17-7-6-16(23)12-18(17)25-21/h5-8,11-12,19H,4,9-10,13H2,1-3H3,(H,24,25)(H,26,29)/t19-/m0/s1. The maximum atomic E-state index is 13.0. The van der Waals surface area contributed by atoms with Crippen molar-refractivity contribution in [3.05, 3.63) is 58.4 Å². The van der Waals surface area contributed by atoms with Gasteiger partial charge < -0.3 is 15.0 Å². The molecule has 0 spiro atoms. The van der Waals surface area contributed by atoms with Crippen molar-refractivity contribution in [1.82, 2.24) is 19.6 Å². The molecule has 1 fully saturated rings. The van der Waals surface area contributed by atoms with Crippen molar-refractivity contribution < 1.29 is 17.9 Å². The van der Waals surface area contributed by atoms with Crippen LogP contribution < -0.4 is 9.62 Å². The molecule has 4 rings (SSSR count). The van der Waals surface area contributed by atoms with Crippen LogP contribution in [-0.2, 0) is 14.9 Å². The largest absolute Gasteiger partial charge is 0.382 e. The zero-order chi connectivity index (χ0) is 23.8. The Morgan fingerprint density at radius 3 is 2.79 bits per heavy atom. The summed E-state index contributed by atoms with van der Waals surface area (Å²) >= 11 is 6.06. The van der Waals surface area contributed by atoms with Gasteiger partial charge in [-0.1, -0.05) is 11.6 Å². The fourth-order valence-corrected chi connectivity index (χ4v) is 5.60. The number of aromatic amines is 1. The fraction of sp³-hybridized carbons (Fsp3) is 0.364. The summed E-state index contributed by atoms with van der Waals surface area (Å²) in [6.07, 6.45) is 0.735. The number of carbonyl (C=O) groups is 1. The maximum absolute atomic E-state index is 13.0. The smallest absolute Gasteiger partial charge is 0.303 e. The number of nitrogens with zero attached hydrogens (tertiary/aromatic N) is 3. The molecule has 33 heavy (non-hydrogen) atoms. The number of rotatable bonds is 6. The van der Waals surface area contributed by atoms with Gasteiger partial charge in [0.25, 0.3) is 5.91 Å². The number of hydrogen-bond donors (Lipinski definition) is 2. The molecule has 2 N–H and O–H groups in total. The number of halogens is 1. The third-order valence-electron chi connectivity index (χ3n) is 5.67. The molecule has 0 aliphatic carbocycles. The van der Waals surface area contributed by atoms with Gasteiger partial charge in [-0.2, -0.15) is 12.7 Å². The molecule has 2 aromatic carbocycles. The third kappa shape index (κ3) is 4.70. The molecule has 2 heterocycles. The summed E-state index contributed by atoms with van der Waals surface area (Å²) in [4.78, 5) is 20.8. The van der Waals surface area contributed by atoms with Gasteiger partial charge in [-0.25, -0.2) is 4.98 Å². The molecule has 176 valence electrons. The number of fused-ring (bicyclic) bond motifs is 1. The van der Waals surface area contributed by atoms with Crippen LogP contribution >= 0.6 is 11.6 Å². The van der Waals surface area contributed by atoms with Crippen molar-refractivity contribution in [2.45, 2.75) is 19.4 Å². The average Bonchev–Trinajstić information content (AvgIpc) is 3.18. The second-order valence-electron chi connectivity index (χ2n) is 8.02. The Hall–Kier alpha value is -2.66. The first kappa shape index (κ1) is 23.5. The van der Waals surface area contributed by atoms with Crippen molar-refractivity contribution in [1.29, 1.82) is 0 Å². The molecular weight excluding hydrogens is 466 g/mol. The lowest BCUT2D eigenvalue weighted by Crippen LogP contribution is -2.48. The van der Waals surface area contributed by atoms with Gasteiger partial charge in [0.2, 0.25) is 0 Å². The predicted molar refractivity (Wildman–Crippen MR) is 128 cm³/mol. The number of H-pyrrole nitrogens is 1. The Morgan fingerprint density at radius 2 is 2.06 bits per heavy atom. The van der Waals surface area contributed by atoms with E-state index in [4.69, 9.17) is 16.3 Å². The van der Waals surface area contributed by atoms with Crippen molar-refractivity contribution in [3.8, 4) is 0 Å². The number of amides is 1. The Kier molecular flexibility index (Phi) is 6.62. The molecule has 3 aromatic rings. The van der Waals surface area contributed by atoms with Crippen molar-refractivity contribution >= 4 is 44.4 Å². The van der Waals surface area contributed by atoms with Gasteiger partial charge in [0, 0.05) is 37.8 Å². The summed E-state index contributed by atoms with van der Waals surface area (Å²) in [5.74, 6) is 0.238. The minimum atomic E-state index is -3.56. The molecule has 1 aliphatic rings. The lowest BCUT2D eigenvalue weighted by atomic mass is 10.1. The average molecular weight is 492 g/mol. The van der Waals surface area contributed by atoms with E-state index >= 15 is 0 Å². The first-order valence-corrected chi connectivity index (χ1v) is 12.3. The molecule has 11 heteroatoms. The molecule has 9 nitrogen and oxygen atoms in total. The van der Waals surface area contributed by atoms with Crippen LogP contribution in [0.1, 0.15) is 34.2 Å². The van der Waals surface area contributed by atoms with Crippen molar-refractivity contribution in [2.24, 2.45) is 0 Å². The number of hydrogen-bond acceptors (Lipinski definition) is 5. The van der Waals surface area contributed by atoms with Crippen LogP contribution in [0, 0.1) is 6.92 Å². The van der Waals surface area contributed by atoms with E-state index in [1.165, 1.54) is 8.61 Å². The van der Waals surface area contributed by atoms with E-state index in [0.29, 0.717) is 40.8 Å². The molecular formula is C22H26ClN5O4S. The van der Waals surface area contributed by atoms with Crippen LogP contribution in [0.3, 0.4) is 0 Å². The van der Waals surface area contributed by atoms with E-state index in [1.807, 2.05) is 0 Å². The van der Waals surface area contributed by atoms with E-state index in [0.717, 1.165) is 17.5 Å². The zero-order valence-electron chi connectivity index (χ0n) is 18.6. The topological polar surface area (TPSA) is 108 Å². The molecule has 1 saturated heterocycles. The zero-order valence-corrected chi connectivity index (χ0v) is 20.2. The molecule has 0 bridgehead atoms. The monoisotopic (exact) mass is 491 g/mol. The van der Waals surface area contributed by atoms with E-state index < -0.39 is 16.3 Å². The minimum Gasteiger partial charge on any atom is -0.382 e. The van der Waals surface area contributed by atoms with Crippen LogP contribution in [0.2, 0.25) is 5.02 Å². The highest BCUT2D eigenvalue weighted by Gasteiger charge is 2.32. The summed E-state index contributed by atoms with van der Waals surface area (Å²) in [5.41, 5.74) is 3.18. The molecule has 1 atom stereocenters. The summed E-state index contributed by atoms with van der Waals surface area (Å²) in [7, 11) is -0.442. The van der Waals surface area contributed by atoms with Gasteiger partial charge in [-0.3, -0.25) is 9.10 Å². The van der Waals surface area contributed by atoms with E-state index in [1.54, 1.807) is 57.5 Å². The third-order valence-corrected chi connectivity index (χ3v) is 7.81. The van der Waals surface area contributed by atoms with E-state index in [2.05, 4.69) is 15.3 Å². The highest BCUT2D eigenvalue weighted by atomic mass is 35.5. The summed E-state index contributed by atoms with van der Waals surface area (Å²) in [5, 5.41) is 3.53. The Labute approximate surface area is 197 Å². The van der Waals surface area contributed by atoms with Crippen molar-refractivity contribution in [3.63, 3.8) is 0 Å². The number of nitrogens with one attached hydrogen (secondary N) is 2. The van der Waals surface area contributed by atoms with Crippen LogP contribution in [0.5, 0.6) is 0 Å². The highest BCUT2D eigenvalue weighted by molar-refractivity contribution is 7.90. The lowest BCUT2D eigenvalue weighted by Gasteiger charge is -2.34. The normalized spacial score (nSPS) is 17.3. The number of aromatic nitrogens is 2. The minimum absolute atomic E-state index is 0.217. The van der Waals surface area contributed by atoms with Gasteiger partial charge in [-0.05, 0) is 55.3 Å². The lowest BCUT2D eigenvalue weighted by molar-refractivity contribution is 0.0892. The second-order valence-corrected chi connectivity index (χ2v) is 10.4. The fourth-order valence-electron chi connectivity index (χ4n) is 3.92. The first-order valence-electron chi connectivity index (χ1n) is 10.5. The van der Waals surface area contributed by atoms with Gasteiger partial charge >= 0.3 is 10.2 Å². The number of aryl methyl sites for hydroxylation is 1. The van der Waals surface area contributed by atoms with Gasteiger partial charge in [0.05, 0.1) is 23.3 Å². The Balaban J connectivity index is 1.57. The number of methoxy groups -OCH3 is 1. The SMILES string of the molecule is COC[C@H](NC(=O)c1ccc(N2CCCN(C)S2(=O)=O)c(C)c1)c1nc2ccc(Cl)cc2[nH]1. The quantitative estimate of drug-likeness (QED) is 0.551.